The third-order valence-corrected chi connectivity index (χ3v) is 5.12. The van der Waals surface area contributed by atoms with Crippen molar-refractivity contribution in [2.24, 2.45) is 22.6 Å². The predicted octanol–water partition coefficient (Wildman–Crippen LogP) is 2.88. The summed E-state index contributed by atoms with van der Waals surface area (Å²) in [4.78, 5) is 0. The van der Waals surface area contributed by atoms with Gasteiger partial charge in [0.25, 0.3) is 0 Å². The summed E-state index contributed by atoms with van der Waals surface area (Å²) in [6, 6.07) is 6.92. The van der Waals surface area contributed by atoms with Gasteiger partial charge in [0.2, 0.25) is 0 Å². The molecule has 2 nitrogen and oxygen atoms in total. The molecule has 1 fully saturated rings. The standard InChI is InChI=1S/C15H23FN2/c1-14(2)13(15(14,3)4)12(18-17)9-10-5-7-11(16)8-6-10/h5-8,12-13,18H,9,17H2,1-4H3. The van der Waals surface area contributed by atoms with Crippen LogP contribution in [0.3, 0.4) is 0 Å². The van der Waals surface area contributed by atoms with Crippen molar-refractivity contribution in [1.82, 2.24) is 5.43 Å². The van der Waals surface area contributed by atoms with Gasteiger partial charge >= 0.3 is 0 Å². The molecule has 3 N–H and O–H groups in total. The summed E-state index contributed by atoms with van der Waals surface area (Å²) in [6.45, 7) is 9.14. The van der Waals surface area contributed by atoms with Gasteiger partial charge in [-0.15, -0.1) is 0 Å². The molecule has 0 bridgehead atoms. The third kappa shape index (κ3) is 2.06. The van der Waals surface area contributed by atoms with Gasteiger partial charge in [0, 0.05) is 6.04 Å². The van der Waals surface area contributed by atoms with Gasteiger partial charge in [0.15, 0.2) is 0 Å². The fourth-order valence-electron chi connectivity index (χ4n) is 3.40. The minimum atomic E-state index is -0.192. The molecular weight excluding hydrogens is 227 g/mol. The van der Waals surface area contributed by atoms with E-state index in [1.807, 2.05) is 12.1 Å². The molecule has 1 aromatic carbocycles. The van der Waals surface area contributed by atoms with Crippen molar-refractivity contribution in [3.63, 3.8) is 0 Å². The van der Waals surface area contributed by atoms with E-state index in [1.165, 1.54) is 12.1 Å². The first kappa shape index (κ1) is 13.5. The minimum absolute atomic E-state index is 0.192. The lowest BCUT2D eigenvalue weighted by Crippen LogP contribution is -2.40. The molecule has 18 heavy (non-hydrogen) atoms. The van der Waals surface area contributed by atoms with Crippen LogP contribution < -0.4 is 11.3 Å². The summed E-state index contributed by atoms with van der Waals surface area (Å²) in [7, 11) is 0. The Bertz CT molecular complexity index is 409. The number of nitrogens with one attached hydrogen (secondary N) is 1. The summed E-state index contributed by atoms with van der Waals surface area (Å²) in [5, 5.41) is 0. The molecule has 0 spiro atoms. The Balaban J connectivity index is 2.10. The Hall–Kier alpha value is -0.930. The maximum absolute atomic E-state index is 12.9. The first-order valence-electron chi connectivity index (χ1n) is 6.51. The largest absolute Gasteiger partial charge is 0.271 e. The van der Waals surface area contributed by atoms with E-state index < -0.39 is 0 Å². The van der Waals surface area contributed by atoms with Crippen molar-refractivity contribution in [1.29, 1.82) is 0 Å². The summed E-state index contributed by atoms with van der Waals surface area (Å²) < 4.78 is 12.9. The van der Waals surface area contributed by atoms with Crippen molar-refractivity contribution in [2.75, 3.05) is 0 Å². The Kier molecular flexibility index (Phi) is 3.24. The van der Waals surface area contributed by atoms with E-state index in [2.05, 4.69) is 33.1 Å². The molecule has 100 valence electrons. The lowest BCUT2D eigenvalue weighted by Gasteiger charge is -2.18. The number of benzene rings is 1. The van der Waals surface area contributed by atoms with Crippen LogP contribution in [-0.2, 0) is 6.42 Å². The summed E-state index contributed by atoms with van der Waals surface area (Å²) in [5.41, 5.74) is 4.66. The van der Waals surface area contributed by atoms with E-state index >= 15 is 0 Å². The fourth-order valence-corrected chi connectivity index (χ4v) is 3.40. The highest BCUT2D eigenvalue weighted by molar-refractivity contribution is 5.22. The molecule has 1 saturated carbocycles. The van der Waals surface area contributed by atoms with Crippen LogP contribution in [0, 0.1) is 22.6 Å². The molecule has 0 aromatic heterocycles. The monoisotopic (exact) mass is 250 g/mol. The molecule has 1 atom stereocenters. The van der Waals surface area contributed by atoms with Gasteiger partial charge < -0.3 is 0 Å². The van der Waals surface area contributed by atoms with Crippen molar-refractivity contribution in [3.8, 4) is 0 Å². The molecule has 1 aliphatic rings. The lowest BCUT2D eigenvalue weighted by atomic mass is 9.97. The van der Waals surface area contributed by atoms with Crippen molar-refractivity contribution in [3.05, 3.63) is 35.6 Å². The zero-order chi connectivity index (χ0) is 13.6. The van der Waals surface area contributed by atoms with Crippen molar-refractivity contribution in [2.45, 2.75) is 40.2 Å². The number of hydrogen-bond acceptors (Lipinski definition) is 2. The van der Waals surface area contributed by atoms with Gasteiger partial charge in [0.1, 0.15) is 5.82 Å². The molecule has 0 amide bonds. The SMILES string of the molecule is CC1(C)C(C(Cc2ccc(F)cc2)NN)C1(C)C. The van der Waals surface area contributed by atoms with Crippen LogP contribution in [0.15, 0.2) is 24.3 Å². The van der Waals surface area contributed by atoms with Crippen molar-refractivity contribution >= 4 is 0 Å². The van der Waals surface area contributed by atoms with E-state index in [9.17, 15) is 4.39 Å². The molecule has 0 saturated heterocycles. The van der Waals surface area contributed by atoms with E-state index in [4.69, 9.17) is 5.84 Å². The number of rotatable bonds is 4. The summed E-state index contributed by atoms with van der Waals surface area (Å²) in [5.74, 6) is 6.06. The molecule has 1 aliphatic carbocycles. The highest BCUT2D eigenvalue weighted by Crippen LogP contribution is 2.69. The first-order valence-corrected chi connectivity index (χ1v) is 6.51. The highest BCUT2D eigenvalue weighted by atomic mass is 19.1. The van der Waals surface area contributed by atoms with Gasteiger partial charge in [-0.05, 0) is 40.9 Å². The molecule has 1 aromatic rings. The molecule has 3 heteroatoms. The minimum Gasteiger partial charge on any atom is -0.271 e. The van der Waals surface area contributed by atoms with Crippen LogP contribution in [0.2, 0.25) is 0 Å². The molecule has 1 unspecified atom stereocenters. The van der Waals surface area contributed by atoms with Gasteiger partial charge in [-0.2, -0.15) is 0 Å². The van der Waals surface area contributed by atoms with E-state index in [1.54, 1.807) is 0 Å². The molecule has 0 radical (unpaired) electrons. The number of hydrogen-bond donors (Lipinski definition) is 2. The molecule has 2 rings (SSSR count). The summed E-state index contributed by atoms with van der Waals surface area (Å²) >= 11 is 0. The molecular formula is C15H23FN2. The van der Waals surface area contributed by atoms with E-state index in [-0.39, 0.29) is 11.9 Å². The highest BCUT2D eigenvalue weighted by Gasteiger charge is 2.66. The second-order valence-corrected chi connectivity index (χ2v) is 6.52. The van der Waals surface area contributed by atoms with Crippen molar-refractivity contribution < 1.29 is 4.39 Å². The Labute approximate surface area is 109 Å². The predicted molar refractivity (Wildman–Crippen MR) is 72.3 cm³/mol. The lowest BCUT2D eigenvalue weighted by molar-refractivity contribution is 0.402. The Morgan fingerprint density at radius 2 is 1.67 bits per heavy atom. The van der Waals surface area contributed by atoms with Gasteiger partial charge in [-0.3, -0.25) is 11.3 Å². The number of halogens is 1. The number of hydrazine groups is 1. The normalized spacial score (nSPS) is 22.8. The van der Waals surface area contributed by atoms with Crippen LogP contribution in [0.1, 0.15) is 33.3 Å². The van der Waals surface area contributed by atoms with Gasteiger partial charge in [-0.25, -0.2) is 4.39 Å². The van der Waals surface area contributed by atoms with Crippen LogP contribution in [0.25, 0.3) is 0 Å². The zero-order valence-electron chi connectivity index (χ0n) is 11.6. The van der Waals surface area contributed by atoms with E-state index in [0.717, 1.165) is 12.0 Å². The molecule has 0 heterocycles. The fraction of sp³-hybridized carbons (Fsp3) is 0.600. The van der Waals surface area contributed by atoms with Gasteiger partial charge in [0.05, 0.1) is 0 Å². The Morgan fingerprint density at radius 3 is 2.06 bits per heavy atom. The number of nitrogens with two attached hydrogens (primary N) is 1. The van der Waals surface area contributed by atoms with Crippen LogP contribution in [0.5, 0.6) is 0 Å². The topological polar surface area (TPSA) is 38.0 Å². The average Bonchev–Trinajstić information content (AvgIpc) is 2.70. The smallest absolute Gasteiger partial charge is 0.123 e. The van der Waals surface area contributed by atoms with E-state index in [0.29, 0.717) is 16.7 Å². The third-order valence-electron chi connectivity index (χ3n) is 5.12. The first-order chi connectivity index (χ1) is 8.30. The summed E-state index contributed by atoms with van der Waals surface area (Å²) in [6.07, 6.45) is 0.842. The average molecular weight is 250 g/mol. The second-order valence-electron chi connectivity index (χ2n) is 6.52. The maximum Gasteiger partial charge on any atom is 0.123 e. The maximum atomic E-state index is 12.9. The second kappa shape index (κ2) is 4.32. The Morgan fingerprint density at radius 1 is 1.17 bits per heavy atom. The quantitative estimate of drug-likeness (QED) is 0.637. The van der Waals surface area contributed by atoms with Gasteiger partial charge in [-0.1, -0.05) is 39.8 Å². The van der Waals surface area contributed by atoms with Crippen LogP contribution in [0.4, 0.5) is 4.39 Å². The molecule has 0 aliphatic heterocycles. The van der Waals surface area contributed by atoms with Crippen LogP contribution >= 0.6 is 0 Å². The van der Waals surface area contributed by atoms with Crippen LogP contribution in [-0.4, -0.2) is 6.04 Å². The zero-order valence-corrected chi connectivity index (χ0v) is 11.6.